The second kappa shape index (κ2) is 7.36. The predicted octanol–water partition coefficient (Wildman–Crippen LogP) is 4.42. The van der Waals surface area contributed by atoms with Crippen molar-refractivity contribution in [2.24, 2.45) is 0 Å². The van der Waals surface area contributed by atoms with Crippen LogP contribution in [0.3, 0.4) is 0 Å². The van der Waals surface area contributed by atoms with Crippen molar-refractivity contribution in [2.45, 2.75) is 12.8 Å². The zero-order chi connectivity index (χ0) is 17.8. The van der Waals surface area contributed by atoms with Gasteiger partial charge in [-0.2, -0.15) is 0 Å². The van der Waals surface area contributed by atoms with Gasteiger partial charge in [-0.3, -0.25) is 4.79 Å². The maximum absolute atomic E-state index is 11.0. The van der Waals surface area contributed by atoms with Gasteiger partial charge >= 0.3 is 5.97 Å². The van der Waals surface area contributed by atoms with Gasteiger partial charge in [-0.1, -0.05) is 18.2 Å². The van der Waals surface area contributed by atoms with Crippen LogP contribution >= 0.6 is 11.3 Å². The van der Waals surface area contributed by atoms with E-state index in [9.17, 15) is 9.90 Å². The molecule has 0 bridgehead atoms. The minimum absolute atomic E-state index is 0.0178. The fraction of sp³-hybridized carbons (Fsp3) is 0.158. The van der Waals surface area contributed by atoms with Gasteiger partial charge in [-0.15, -0.1) is 11.3 Å². The minimum atomic E-state index is -0.857. The number of phenolic OH excluding ortho intramolecular Hbond substituents is 1. The molecule has 0 radical (unpaired) electrons. The van der Waals surface area contributed by atoms with E-state index in [0.29, 0.717) is 12.2 Å². The quantitative estimate of drug-likeness (QED) is 0.684. The van der Waals surface area contributed by atoms with Crippen LogP contribution in [0.1, 0.15) is 23.4 Å². The zero-order valence-corrected chi connectivity index (χ0v) is 14.4. The Balaban J connectivity index is 2.01. The zero-order valence-electron chi connectivity index (χ0n) is 13.6. The molecule has 0 fully saturated rings. The SMILES string of the molecule is COc1ccc(/C=C(/CCC(=O)O)c2nc3ccccc3s2)cc1O. The number of carboxylic acids is 1. The summed E-state index contributed by atoms with van der Waals surface area (Å²) in [5, 5.41) is 19.8. The third-order valence-corrected chi connectivity index (χ3v) is 4.83. The number of thiazole rings is 1. The second-order valence-electron chi connectivity index (χ2n) is 5.48. The highest BCUT2D eigenvalue weighted by atomic mass is 32.1. The Morgan fingerprint density at radius 1 is 1.24 bits per heavy atom. The number of allylic oxidation sites excluding steroid dienone is 1. The van der Waals surface area contributed by atoms with E-state index in [1.165, 1.54) is 18.4 Å². The molecule has 0 amide bonds. The van der Waals surface area contributed by atoms with Crippen LogP contribution in [0.15, 0.2) is 42.5 Å². The fourth-order valence-corrected chi connectivity index (χ4v) is 3.50. The molecule has 2 aromatic carbocycles. The first-order valence-corrected chi connectivity index (χ1v) is 8.54. The molecular formula is C19H17NO4S. The minimum Gasteiger partial charge on any atom is -0.504 e. The summed E-state index contributed by atoms with van der Waals surface area (Å²) in [4.78, 5) is 15.6. The molecule has 1 aromatic heterocycles. The van der Waals surface area contributed by atoms with Crippen molar-refractivity contribution in [2.75, 3.05) is 7.11 Å². The summed E-state index contributed by atoms with van der Waals surface area (Å²) < 4.78 is 6.10. The van der Waals surface area contributed by atoms with Crippen LogP contribution in [-0.4, -0.2) is 28.3 Å². The van der Waals surface area contributed by atoms with Crippen LogP contribution in [0.4, 0.5) is 0 Å². The maximum Gasteiger partial charge on any atom is 0.303 e. The van der Waals surface area contributed by atoms with E-state index < -0.39 is 5.97 Å². The van der Waals surface area contributed by atoms with Crippen molar-refractivity contribution in [1.82, 2.24) is 4.98 Å². The third kappa shape index (κ3) is 3.97. The van der Waals surface area contributed by atoms with Crippen molar-refractivity contribution < 1.29 is 19.7 Å². The number of methoxy groups -OCH3 is 1. The van der Waals surface area contributed by atoms with Crippen LogP contribution in [0.25, 0.3) is 21.9 Å². The van der Waals surface area contributed by atoms with Gasteiger partial charge in [0.2, 0.25) is 0 Å². The maximum atomic E-state index is 11.0. The van der Waals surface area contributed by atoms with Crippen LogP contribution in [0.5, 0.6) is 11.5 Å². The predicted molar refractivity (Wildman–Crippen MR) is 99.0 cm³/mol. The standard InChI is InChI=1S/C19H17NO4S/c1-24-16-8-6-12(11-15(16)21)10-13(7-9-18(22)23)19-20-14-4-2-3-5-17(14)25-19/h2-6,8,10-11,21H,7,9H2,1H3,(H,22,23)/b13-10-. The number of fused-ring (bicyclic) bond motifs is 1. The molecule has 0 aliphatic carbocycles. The number of hydrogen-bond donors (Lipinski definition) is 2. The summed E-state index contributed by atoms with van der Waals surface area (Å²) in [5.74, 6) is -0.424. The van der Waals surface area contributed by atoms with Gasteiger partial charge in [0.15, 0.2) is 11.5 Å². The van der Waals surface area contributed by atoms with E-state index >= 15 is 0 Å². The molecule has 3 rings (SSSR count). The van der Waals surface area contributed by atoms with Gasteiger partial charge in [0, 0.05) is 6.42 Å². The third-order valence-electron chi connectivity index (χ3n) is 3.72. The summed E-state index contributed by atoms with van der Waals surface area (Å²) >= 11 is 1.53. The van der Waals surface area contributed by atoms with Crippen LogP contribution in [0.2, 0.25) is 0 Å². The smallest absolute Gasteiger partial charge is 0.303 e. The van der Waals surface area contributed by atoms with Gasteiger partial charge in [-0.05, 0) is 47.9 Å². The fourth-order valence-electron chi connectivity index (χ4n) is 2.49. The molecule has 2 N–H and O–H groups in total. The molecule has 0 saturated heterocycles. The highest BCUT2D eigenvalue weighted by Crippen LogP contribution is 2.33. The topological polar surface area (TPSA) is 79.7 Å². The van der Waals surface area contributed by atoms with Gasteiger partial charge in [0.1, 0.15) is 5.01 Å². The molecule has 0 aliphatic rings. The van der Waals surface area contributed by atoms with E-state index in [1.807, 2.05) is 36.4 Å². The Labute approximate surface area is 148 Å². The molecule has 0 aliphatic heterocycles. The van der Waals surface area contributed by atoms with Crippen molar-refractivity contribution in [3.8, 4) is 11.5 Å². The summed E-state index contributed by atoms with van der Waals surface area (Å²) in [5.41, 5.74) is 2.48. The molecule has 5 nitrogen and oxygen atoms in total. The molecule has 128 valence electrons. The van der Waals surface area contributed by atoms with E-state index in [-0.39, 0.29) is 12.2 Å². The summed E-state index contributed by atoms with van der Waals surface area (Å²) in [7, 11) is 1.49. The van der Waals surface area contributed by atoms with E-state index in [0.717, 1.165) is 26.4 Å². The molecule has 3 aromatic rings. The second-order valence-corrected chi connectivity index (χ2v) is 6.51. The number of rotatable bonds is 6. The molecule has 1 heterocycles. The number of carboxylic acid groups (broad SMARTS) is 1. The van der Waals surface area contributed by atoms with Gasteiger partial charge in [0.05, 0.1) is 17.3 Å². The lowest BCUT2D eigenvalue weighted by Gasteiger charge is -2.06. The number of nitrogens with zero attached hydrogens (tertiary/aromatic N) is 1. The first-order valence-electron chi connectivity index (χ1n) is 7.72. The first kappa shape index (κ1) is 17.0. The lowest BCUT2D eigenvalue weighted by Crippen LogP contribution is -1.95. The number of hydrogen-bond acceptors (Lipinski definition) is 5. The van der Waals surface area contributed by atoms with Gasteiger partial charge in [-0.25, -0.2) is 4.98 Å². The Morgan fingerprint density at radius 3 is 2.72 bits per heavy atom. The highest BCUT2D eigenvalue weighted by Gasteiger charge is 2.11. The number of phenols is 1. The number of carbonyl (C=O) groups is 1. The molecule has 6 heteroatoms. The van der Waals surface area contributed by atoms with Crippen LogP contribution in [-0.2, 0) is 4.79 Å². The largest absolute Gasteiger partial charge is 0.504 e. The lowest BCUT2D eigenvalue weighted by molar-refractivity contribution is -0.136. The summed E-state index contributed by atoms with van der Waals surface area (Å²) in [6.45, 7) is 0. The molecule has 0 saturated carbocycles. The molecular weight excluding hydrogens is 338 g/mol. The monoisotopic (exact) mass is 355 g/mol. The Kier molecular flexibility index (Phi) is 5.00. The summed E-state index contributed by atoms with van der Waals surface area (Å²) in [6.07, 6.45) is 2.24. The number of aromatic hydroxyl groups is 1. The average Bonchev–Trinajstić information content (AvgIpc) is 3.02. The number of para-hydroxylation sites is 1. The van der Waals surface area contributed by atoms with Gasteiger partial charge < -0.3 is 14.9 Å². The number of aromatic nitrogens is 1. The Morgan fingerprint density at radius 2 is 2.04 bits per heavy atom. The van der Waals surface area contributed by atoms with Crippen molar-refractivity contribution in [3.63, 3.8) is 0 Å². The van der Waals surface area contributed by atoms with E-state index in [4.69, 9.17) is 9.84 Å². The van der Waals surface area contributed by atoms with E-state index in [2.05, 4.69) is 4.98 Å². The normalized spacial score (nSPS) is 11.6. The molecule has 0 unspecified atom stereocenters. The van der Waals surface area contributed by atoms with Gasteiger partial charge in [0.25, 0.3) is 0 Å². The molecule has 0 spiro atoms. The van der Waals surface area contributed by atoms with E-state index in [1.54, 1.807) is 12.1 Å². The molecule has 25 heavy (non-hydrogen) atoms. The van der Waals surface area contributed by atoms with Crippen molar-refractivity contribution in [3.05, 3.63) is 53.0 Å². The molecule has 0 atom stereocenters. The number of aliphatic carboxylic acids is 1. The van der Waals surface area contributed by atoms with Crippen molar-refractivity contribution in [1.29, 1.82) is 0 Å². The average molecular weight is 355 g/mol. The Bertz CT molecular complexity index is 913. The number of benzene rings is 2. The van der Waals surface area contributed by atoms with Crippen LogP contribution in [0, 0.1) is 0 Å². The van der Waals surface area contributed by atoms with Crippen LogP contribution < -0.4 is 4.74 Å². The Hall–Kier alpha value is -2.86. The lowest BCUT2D eigenvalue weighted by atomic mass is 10.1. The summed E-state index contributed by atoms with van der Waals surface area (Å²) in [6, 6.07) is 12.9. The first-order chi connectivity index (χ1) is 12.1. The van der Waals surface area contributed by atoms with Crippen molar-refractivity contribution >= 4 is 39.2 Å². The number of ether oxygens (including phenoxy) is 1. The highest BCUT2D eigenvalue weighted by molar-refractivity contribution is 7.19.